The van der Waals surface area contributed by atoms with E-state index in [9.17, 15) is 4.79 Å². The van der Waals surface area contributed by atoms with Gasteiger partial charge in [-0.1, -0.05) is 12.1 Å². The molecular weight excluding hydrogens is 242 g/mol. The number of anilines is 1. The molecule has 0 atom stereocenters. The van der Waals surface area contributed by atoms with Crippen molar-refractivity contribution >= 4 is 12.0 Å². The Balaban J connectivity index is 0.000000362. The Hall–Kier alpha value is -1.39. The first-order valence-corrected chi connectivity index (χ1v) is 6.51. The van der Waals surface area contributed by atoms with Gasteiger partial charge in [0.2, 0.25) is 0 Å². The summed E-state index contributed by atoms with van der Waals surface area (Å²) in [5.74, 6) is 0. The Morgan fingerprint density at radius 3 is 2.05 bits per heavy atom. The summed E-state index contributed by atoms with van der Waals surface area (Å²) < 4.78 is 10.1. The van der Waals surface area contributed by atoms with Gasteiger partial charge in [0.1, 0.15) is 0 Å². The smallest absolute Gasteiger partial charge is 0.154 e. The van der Waals surface area contributed by atoms with Gasteiger partial charge in [-0.25, -0.2) is 0 Å². The number of benzene rings is 1. The minimum absolute atomic E-state index is 0.0370. The van der Waals surface area contributed by atoms with Crippen molar-refractivity contribution in [3.8, 4) is 0 Å². The molecule has 0 bridgehead atoms. The quantitative estimate of drug-likeness (QED) is 0.587. The van der Waals surface area contributed by atoms with Crippen molar-refractivity contribution in [2.45, 2.75) is 27.1 Å². The van der Waals surface area contributed by atoms with Gasteiger partial charge < -0.3 is 14.4 Å². The Kier molecular flexibility index (Phi) is 9.75. The summed E-state index contributed by atoms with van der Waals surface area (Å²) >= 11 is 0. The number of nitrogens with zero attached hydrogens (tertiary/aromatic N) is 1. The zero-order valence-electron chi connectivity index (χ0n) is 12.6. The average Bonchev–Trinajstić information content (AvgIpc) is 2.40. The van der Waals surface area contributed by atoms with E-state index in [0.29, 0.717) is 0 Å². The Morgan fingerprint density at radius 1 is 1.16 bits per heavy atom. The first-order valence-electron chi connectivity index (χ1n) is 6.51. The van der Waals surface area contributed by atoms with E-state index in [-0.39, 0.29) is 6.29 Å². The first kappa shape index (κ1) is 17.6. The third-order valence-electron chi connectivity index (χ3n) is 2.35. The van der Waals surface area contributed by atoms with Crippen LogP contribution in [0, 0.1) is 0 Å². The summed E-state index contributed by atoms with van der Waals surface area (Å²) in [7, 11) is 3.84. The number of ether oxygens (including phenoxy) is 2. The summed E-state index contributed by atoms with van der Waals surface area (Å²) in [6, 6.07) is 7.51. The summed E-state index contributed by atoms with van der Waals surface area (Å²) in [6.07, 6.45) is 0.833. The monoisotopic (exact) mass is 267 g/mol. The van der Waals surface area contributed by atoms with Crippen molar-refractivity contribution in [3.05, 3.63) is 29.8 Å². The van der Waals surface area contributed by atoms with Crippen LogP contribution in [0.15, 0.2) is 24.3 Å². The minimum atomic E-state index is -0.0370. The van der Waals surface area contributed by atoms with Crippen molar-refractivity contribution in [1.29, 1.82) is 0 Å². The third-order valence-corrected chi connectivity index (χ3v) is 2.35. The van der Waals surface area contributed by atoms with Crippen molar-refractivity contribution in [2.24, 2.45) is 0 Å². The molecule has 19 heavy (non-hydrogen) atoms. The maximum absolute atomic E-state index is 10.5. The fourth-order valence-electron chi connectivity index (χ4n) is 1.51. The van der Waals surface area contributed by atoms with Gasteiger partial charge in [0.05, 0.1) is 0 Å². The van der Waals surface area contributed by atoms with Crippen LogP contribution in [0.3, 0.4) is 0 Å². The van der Waals surface area contributed by atoms with Crippen molar-refractivity contribution in [3.63, 3.8) is 0 Å². The van der Waals surface area contributed by atoms with E-state index in [2.05, 4.69) is 0 Å². The highest BCUT2D eigenvalue weighted by molar-refractivity contribution is 5.84. The lowest BCUT2D eigenvalue weighted by atomic mass is 10.2. The Bertz CT molecular complexity index is 347. The molecule has 1 rings (SSSR count). The highest BCUT2D eigenvalue weighted by Crippen LogP contribution is 2.14. The average molecular weight is 267 g/mol. The molecule has 0 unspecified atom stereocenters. The molecule has 4 heteroatoms. The lowest BCUT2D eigenvalue weighted by molar-refractivity contribution is -0.123. The van der Waals surface area contributed by atoms with Gasteiger partial charge in [-0.15, -0.1) is 0 Å². The molecule has 1 aromatic carbocycles. The summed E-state index contributed by atoms with van der Waals surface area (Å²) in [4.78, 5) is 12.4. The van der Waals surface area contributed by atoms with Gasteiger partial charge in [0, 0.05) is 38.6 Å². The molecule has 1 aromatic rings. The van der Waals surface area contributed by atoms with Gasteiger partial charge in [-0.3, -0.25) is 4.79 Å². The van der Waals surface area contributed by atoms with Gasteiger partial charge in [0.15, 0.2) is 12.6 Å². The maximum Gasteiger partial charge on any atom is 0.154 e. The Morgan fingerprint density at radius 2 is 1.68 bits per heavy atom. The second kappa shape index (κ2) is 10.5. The van der Waals surface area contributed by atoms with Crippen LogP contribution in [0.25, 0.3) is 0 Å². The highest BCUT2D eigenvalue weighted by Gasteiger charge is 1.99. The van der Waals surface area contributed by atoms with E-state index in [1.54, 1.807) is 0 Å². The van der Waals surface area contributed by atoms with Crippen LogP contribution < -0.4 is 4.90 Å². The van der Waals surface area contributed by atoms with Crippen LogP contribution in [0.2, 0.25) is 0 Å². The maximum atomic E-state index is 10.5. The van der Waals surface area contributed by atoms with Crippen molar-refractivity contribution < 1.29 is 14.3 Å². The number of carbonyl (C=O) groups excluding carboxylic acids is 1. The normalized spacial score (nSPS) is 9.79. The zero-order valence-corrected chi connectivity index (χ0v) is 12.6. The van der Waals surface area contributed by atoms with E-state index in [1.165, 1.54) is 0 Å². The van der Waals surface area contributed by atoms with Crippen LogP contribution in [-0.4, -0.2) is 39.9 Å². The van der Waals surface area contributed by atoms with Crippen molar-refractivity contribution in [2.75, 3.05) is 32.2 Å². The molecule has 0 amide bonds. The topological polar surface area (TPSA) is 38.8 Å². The van der Waals surface area contributed by atoms with E-state index in [4.69, 9.17) is 9.47 Å². The summed E-state index contributed by atoms with van der Waals surface area (Å²) in [6.45, 7) is 7.25. The molecule has 0 saturated heterocycles. The van der Waals surface area contributed by atoms with E-state index < -0.39 is 0 Å². The molecular formula is C15H25NO3. The second-order valence-corrected chi connectivity index (χ2v) is 4.05. The molecule has 108 valence electrons. The fourth-order valence-corrected chi connectivity index (χ4v) is 1.51. The molecule has 0 heterocycles. The molecule has 0 aliphatic heterocycles. The van der Waals surface area contributed by atoms with Gasteiger partial charge in [-0.2, -0.15) is 0 Å². The SMILES string of the molecule is CCOC(C)OCC.CN(C)c1ccccc1C=O. The molecule has 0 N–H and O–H groups in total. The number of hydrogen-bond acceptors (Lipinski definition) is 4. The summed E-state index contributed by atoms with van der Waals surface area (Å²) in [5, 5.41) is 0. The zero-order chi connectivity index (χ0) is 14.7. The molecule has 0 fully saturated rings. The van der Waals surface area contributed by atoms with Crippen LogP contribution in [0.4, 0.5) is 5.69 Å². The molecule has 0 aliphatic carbocycles. The van der Waals surface area contributed by atoms with Crippen LogP contribution in [-0.2, 0) is 9.47 Å². The summed E-state index contributed by atoms with van der Waals surface area (Å²) in [5.41, 5.74) is 1.69. The van der Waals surface area contributed by atoms with Crippen molar-refractivity contribution in [1.82, 2.24) is 0 Å². The number of hydrogen-bond donors (Lipinski definition) is 0. The largest absolute Gasteiger partial charge is 0.377 e. The predicted octanol–water partition coefficient (Wildman–Crippen LogP) is 2.97. The molecule has 0 radical (unpaired) electrons. The third kappa shape index (κ3) is 7.59. The number of aldehydes is 1. The second-order valence-electron chi connectivity index (χ2n) is 4.05. The fraction of sp³-hybridized carbons (Fsp3) is 0.533. The first-order chi connectivity index (χ1) is 9.06. The van der Waals surface area contributed by atoms with Crippen LogP contribution in [0.1, 0.15) is 31.1 Å². The van der Waals surface area contributed by atoms with E-state index >= 15 is 0 Å². The Labute approximate surface area is 116 Å². The molecule has 0 aromatic heterocycles. The number of rotatable bonds is 6. The number of para-hydroxylation sites is 1. The minimum Gasteiger partial charge on any atom is -0.377 e. The number of carbonyl (C=O) groups is 1. The predicted molar refractivity (Wildman–Crippen MR) is 78.9 cm³/mol. The van der Waals surface area contributed by atoms with Crippen LogP contribution in [0.5, 0.6) is 0 Å². The highest BCUT2D eigenvalue weighted by atomic mass is 16.7. The molecule has 0 aliphatic rings. The molecule has 0 spiro atoms. The molecule has 4 nitrogen and oxygen atoms in total. The lowest BCUT2D eigenvalue weighted by Gasteiger charge is -2.13. The van der Waals surface area contributed by atoms with E-state index in [0.717, 1.165) is 30.8 Å². The van der Waals surface area contributed by atoms with Gasteiger partial charge >= 0.3 is 0 Å². The standard InChI is InChI=1S/C9H11NO.C6H14O2/c1-10(2)9-6-4-3-5-8(9)7-11;1-4-7-6(3)8-5-2/h3-7H,1-2H3;6H,4-5H2,1-3H3. The van der Waals surface area contributed by atoms with Gasteiger partial charge in [0.25, 0.3) is 0 Å². The molecule has 0 saturated carbocycles. The van der Waals surface area contributed by atoms with Crippen LogP contribution >= 0.6 is 0 Å². The van der Waals surface area contributed by atoms with E-state index in [1.807, 2.05) is 64.0 Å². The lowest BCUT2D eigenvalue weighted by Crippen LogP contribution is -2.11. The van der Waals surface area contributed by atoms with Gasteiger partial charge in [-0.05, 0) is 32.9 Å².